The predicted octanol–water partition coefficient (Wildman–Crippen LogP) is 2.36. The molecule has 6 nitrogen and oxygen atoms in total. The Bertz CT molecular complexity index is 1130. The number of hydrogen-bond acceptors (Lipinski definition) is 5. The van der Waals surface area contributed by atoms with E-state index in [-0.39, 0.29) is 29.7 Å². The summed E-state index contributed by atoms with van der Waals surface area (Å²) >= 11 is 0. The number of primary sulfonamides is 1. The first-order valence-corrected chi connectivity index (χ1v) is 9.70. The molecule has 1 aromatic heterocycles. The van der Waals surface area contributed by atoms with Crippen LogP contribution in [0.5, 0.6) is 0 Å². The van der Waals surface area contributed by atoms with Crippen LogP contribution >= 0.6 is 0 Å². The number of rotatable bonds is 6. The Labute approximate surface area is 154 Å². The van der Waals surface area contributed by atoms with Gasteiger partial charge in [-0.3, -0.25) is 14.8 Å². The first kappa shape index (κ1) is 19.0. The van der Waals surface area contributed by atoms with Crippen molar-refractivity contribution < 1.29 is 22.0 Å². The molecule has 0 aliphatic heterocycles. The third-order valence-corrected chi connectivity index (χ3v) is 4.86. The fraction of sp³-hybridized carbons (Fsp3) is 0.167. The molecule has 2 N–H and O–H groups in total. The van der Waals surface area contributed by atoms with E-state index < -0.39 is 33.0 Å². The van der Waals surface area contributed by atoms with Crippen molar-refractivity contribution in [1.82, 2.24) is 9.97 Å². The van der Waals surface area contributed by atoms with Crippen molar-refractivity contribution in [2.75, 3.05) is 5.75 Å². The Morgan fingerprint density at radius 2 is 1.74 bits per heavy atom. The maximum absolute atomic E-state index is 14.7. The SMILES string of the molecule is NS(=O)(=O)CCCc1ccc(F)c(C(=O)c2ccc3nccnc3c2)c1F. The van der Waals surface area contributed by atoms with Crippen molar-refractivity contribution in [3.8, 4) is 0 Å². The van der Waals surface area contributed by atoms with E-state index >= 15 is 0 Å². The number of ketones is 1. The number of sulfonamides is 1. The minimum Gasteiger partial charge on any atom is -0.288 e. The molecule has 0 amide bonds. The van der Waals surface area contributed by atoms with Crippen LogP contribution in [-0.4, -0.2) is 29.9 Å². The van der Waals surface area contributed by atoms with E-state index in [9.17, 15) is 22.0 Å². The van der Waals surface area contributed by atoms with Gasteiger partial charge in [-0.2, -0.15) is 0 Å². The van der Waals surface area contributed by atoms with Crippen LogP contribution in [0.4, 0.5) is 8.78 Å². The zero-order valence-corrected chi connectivity index (χ0v) is 14.8. The fourth-order valence-electron chi connectivity index (χ4n) is 2.71. The molecule has 0 radical (unpaired) electrons. The second-order valence-corrected chi connectivity index (χ2v) is 7.69. The van der Waals surface area contributed by atoms with Gasteiger partial charge in [0.15, 0.2) is 5.78 Å². The third kappa shape index (κ3) is 4.32. The van der Waals surface area contributed by atoms with Crippen molar-refractivity contribution in [2.24, 2.45) is 5.14 Å². The number of aryl methyl sites for hydroxylation is 1. The lowest BCUT2D eigenvalue weighted by Crippen LogP contribution is -2.17. The summed E-state index contributed by atoms with van der Waals surface area (Å²) in [7, 11) is -3.68. The van der Waals surface area contributed by atoms with E-state index in [4.69, 9.17) is 5.14 Å². The van der Waals surface area contributed by atoms with Gasteiger partial charge >= 0.3 is 0 Å². The van der Waals surface area contributed by atoms with E-state index in [2.05, 4.69) is 9.97 Å². The number of fused-ring (bicyclic) bond motifs is 1. The van der Waals surface area contributed by atoms with Crippen LogP contribution in [0.2, 0.25) is 0 Å². The molecule has 9 heteroatoms. The minimum absolute atomic E-state index is 0.00597. The van der Waals surface area contributed by atoms with Gasteiger partial charge in [0.25, 0.3) is 0 Å². The highest BCUT2D eigenvalue weighted by Crippen LogP contribution is 2.23. The smallest absolute Gasteiger partial charge is 0.209 e. The molecule has 3 aromatic rings. The summed E-state index contributed by atoms with van der Waals surface area (Å²) in [6.07, 6.45) is 3.00. The first-order valence-electron chi connectivity index (χ1n) is 7.99. The van der Waals surface area contributed by atoms with E-state index in [0.29, 0.717) is 11.0 Å². The molecule has 0 atom stereocenters. The number of aromatic nitrogens is 2. The zero-order chi connectivity index (χ0) is 19.6. The van der Waals surface area contributed by atoms with Crippen LogP contribution < -0.4 is 5.14 Å². The number of carbonyl (C=O) groups is 1. The molecule has 0 aliphatic carbocycles. The van der Waals surface area contributed by atoms with Crippen LogP contribution in [0.25, 0.3) is 11.0 Å². The van der Waals surface area contributed by atoms with Gasteiger partial charge in [0, 0.05) is 18.0 Å². The molecule has 0 saturated carbocycles. The van der Waals surface area contributed by atoms with Crippen molar-refractivity contribution in [3.63, 3.8) is 0 Å². The lowest BCUT2D eigenvalue weighted by molar-refractivity contribution is 0.103. The van der Waals surface area contributed by atoms with Gasteiger partial charge in [-0.15, -0.1) is 0 Å². The number of benzene rings is 2. The van der Waals surface area contributed by atoms with Crippen molar-refractivity contribution >= 4 is 26.8 Å². The Hall–Kier alpha value is -2.78. The average molecular weight is 391 g/mol. The summed E-state index contributed by atoms with van der Waals surface area (Å²) in [4.78, 5) is 20.8. The van der Waals surface area contributed by atoms with Crippen LogP contribution in [0, 0.1) is 11.6 Å². The number of nitrogens with zero attached hydrogens (tertiary/aromatic N) is 2. The number of carbonyl (C=O) groups excluding carboxylic acids is 1. The molecule has 2 aromatic carbocycles. The molecular weight excluding hydrogens is 376 g/mol. The zero-order valence-electron chi connectivity index (χ0n) is 14.0. The largest absolute Gasteiger partial charge is 0.288 e. The highest BCUT2D eigenvalue weighted by Gasteiger charge is 2.22. The summed E-state index contributed by atoms with van der Waals surface area (Å²) in [6, 6.07) is 6.56. The fourth-order valence-corrected chi connectivity index (χ4v) is 3.26. The second kappa shape index (κ2) is 7.45. The normalized spacial score (nSPS) is 11.7. The van der Waals surface area contributed by atoms with Crippen molar-refractivity contribution in [3.05, 3.63) is 71.1 Å². The number of nitrogens with two attached hydrogens (primary N) is 1. The topological polar surface area (TPSA) is 103 Å². The standard InChI is InChI=1S/C18H15F2N3O3S/c19-13-5-3-11(2-1-9-27(21,25)26)17(20)16(13)18(24)12-4-6-14-15(10-12)23-8-7-22-14/h3-8,10H,1-2,9H2,(H2,21,25,26). The van der Waals surface area contributed by atoms with Crippen molar-refractivity contribution in [2.45, 2.75) is 12.8 Å². The summed E-state index contributed by atoms with van der Waals surface area (Å²) in [5.74, 6) is -3.16. The Kier molecular flexibility index (Phi) is 5.24. The maximum Gasteiger partial charge on any atom is 0.209 e. The van der Waals surface area contributed by atoms with Crippen LogP contribution in [-0.2, 0) is 16.4 Å². The summed E-state index contributed by atoms with van der Waals surface area (Å²) in [5, 5.41) is 4.91. The average Bonchev–Trinajstić information content (AvgIpc) is 2.62. The summed E-state index contributed by atoms with van der Waals surface area (Å²) in [5.41, 5.74) is 0.401. The highest BCUT2D eigenvalue weighted by atomic mass is 32.2. The molecule has 0 bridgehead atoms. The monoisotopic (exact) mass is 391 g/mol. The molecule has 27 heavy (non-hydrogen) atoms. The van der Waals surface area contributed by atoms with Crippen LogP contribution in [0.15, 0.2) is 42.7 Å². The number of halogens is 2. The van der Waals surface area contributed by atoms with Gasteiger partial charge in [0.05, 0.1) is 22.3 Å². The first-order chi connectivity index (χ1) is 12.8. The lowest BCUT2D eigenvalue weighted by Gasteiger charge is -2.09. The lowest BCUT2D eigenvalue weighted by atomic mass is 9.98. The molecule has 0 aliphatic rings. The molecule has 0 saturated heterocycles. The van der Waals surface area contributed by atoms with Crippen LogP contribution in [0.3, 0.4) is 0 Å². The van der Waals surface area contributed by atoms with E-state index in [1.54, 1.807) is 6.07 Å². The Morgan fingerprint density at radius 3 is 2.44 bits per heavy atom. The second-order valence-electron chi connectivity index (χ2n) is 5.95. The molecule has 3 rings (SSSR count). The van der Waals surface area contributed by atoms with Gasteiger partial charge in [-0.05, 0) is 42.7 Å². The van der Waals surface area contributed by atoms with Gasteiger partial charge in [-0.25, -0.2) is 22.3 Å². The van der Waals surface area contributed by atoms with Gasteiger partial charge in [-0.1, -0.05) is 6.07 Å². The molecular formula is C18H15F2N3O3S. The van der Waals surface area contributed by atoms with Gasteiger partial charge in [0.2, 0.25) is 10.0 Å². The highest BCUT2D eigenvalue weighted by molar-refractivity contribution is 7.89. The minimum atomic E-state index is -3.68. The van der Waals surface area contributed by atoms with Crippen molar-refractivity contribution in [1.29, 1.82) is 0 Å². The molecule has 0 unspecified atom stereocenters. The summed E-state index contributed by atoms with van der Waals surface area (Å²) in [6.45, 7) is 0. The van der Waals surface area contributed by atoms with E-state index in [0.717, 1.165) is 6.07 Å². The molecule has 1 heterocycles. The Morgan fingerprint density at radius 1 is 1.04 bits per heavy atom. The third-order valence-electron chi connectivity index (χ3n) is 4.00. The van der Waals surface area contributed by atoms with Crippen LogP contribution in [0.1, 0.15) is 27.9 Å². The molecule has 0 fully saturated rings. The molecule has 0 spiro atoms. The van der Waals surface area contributed by atoms with E-state index in [1.165, 1.54) is 30.6 Å². The molecule has 140 valence electrons. The predicted molar refractivity (Wildman–Crippen MR) is 95.6 cm³/mol. The van der Waals surface area contributed by atoms with E-state index in [1.807, 2.05) is 0 Å². The quantitative estimate of drug-likeness (QED) is 0.650. The van der Waals surface area contributed by atoms with Gasteiger partial charge < -0.3 is 0 Å². The maximum atomic E-state index is 14.7. The van der Waals surface area contributed by atoms with Gasteiger partial charge in [0.1, 0.15) is 11.6 Å². The summed E-state index contributed by atoms with van der Waals surface area (Å²) < 4.78 is 50.9. The number of hydrogen-bond donors (Lipinski definition) is 1. The Balaban J connectivity index is 1.94.